The van der Waals surface area contributed by atoms with Gasteiger partial charge in [-0.1, -0.05) is 60.7 Å². The second-order valence-electron chi connectivity index (χ2n) is 5.67. The molecule has 128 valence electrons. The zero-order valence-corrected chi connectivity index (χ0v) is 14.1. The van der Waals surface area contributed by atoms with Gasteiger partial charge < -0.3 is 10.7 Å². The molecule has 3 rings (SSSR count). The molecule has 0 amide bonds. The lowest BCUT2D eigenvalue weighted by Crippen LogP contribution is -2.10. The van der Waals surface area contributed by atoms with Crippen molar-refractivity contribution in [3.8, 4) is 0 Å². The van der Waals surface area contributed by atoms with Crippen LogP contribution in [-0.4, -0.2) is 16.6 Å². The summed E-state index contributed by atoms with van der Waals surface area (Å²) in [5, 5.41) is 0. The number of H-pyrrole nitrogens is 1. The molecular formula is C22H18N2O2. The van der Waals surface area contributed by atoms with E-state index in [1.165, 1.54) is 12.2 Å². The van der Waals surface area contributed by atoms with E-state index in [1.807, 2.05) is 12.1 Å². The number of benzene rings is 2. The molecule has 2 aromatic carbocycles. The first-order valence-corrected chi connectivity index (χ1v) is 8.17. The number of hydrogen-bond acceptors (Lipinski definition) is 3. The standard InChI is InChI=1S/C22H18N2O2/c23-21(19-12-7-15-24-19)18(22(26)17-10-5-2-6-11-17)13-14-20(25)16-8-3-1-4-9-16/h1-15,24H,23H2/b14-13+,21-18-. The van der Waals surface area contributed by atoms with E-state index in [0.29, 0.717) is 22.5 Å². The minimum atomic E-state index is -0.241. The van der Waals surface area contributed by atoms with Crippen molar-refractivity contribution in [1.29, 1.82) is 0 Å². The molecular weight excluding hydrogens is 324 g/mol. The summed E-state index contributed by atoms with van der Waals surface area (Å²) in [4.78, 5) is 28.3. The van der Waals surface area contributed by atoms with Crippen LogP contribution in [0.1, 0.15) is 26.4 Å². The van der Waals surface area contributed by atoms with Gasteiger partial charge >= 0.3 is 0 Å². The lowest BCUT2D eigenvalue weighted by atomic mass is 9.99. The molecule has 0 aliphatic heterocycles. The minimum Gasteiger partial charge on any atom is -0.396 e. The smallest absolute Gasteiger partial charge is 0.195 e. The highest BCUT2D eigenvalue weighted by atomic mass is 16.1. The van der Waals surface area contributed by atoms with Crippen LogP contribution in [0.3, 0.4) is 0 Å². The van der Waals surface area contributed by atoms with Crippen LogP contribution < -0.4 is 5.73 Å². The van der Waals surface area contributed by atoms with Gasteiger partial charge in [-0.25, -0.2) is 0 Å². The first-order chi connectivity index (χ1) is 12.7. The van der Waals surface area contributed by atoms with Crippen LogP contribution in [0.5, 0.6) is 0 Å². The predicted molar refractivity (Wildman–Crippen MR) is 103 cm³/mol. The van der Waals surface area contributed by atoms with E-state index in [4.69, 9.17) is 5.73 Å². The molecule has 0 bridgehead atoms. The maximum atomic E-state index is 12.9. The monoisotopic (exact) mass is 342 g/mol. The molecule has 0 aliphatic rings. The van der Waals surface area contributed by atoms with Gasteiger partial charge in [0, 0.05) is 22.9 Å². The first kappa shape index (κ1) is 17.2. The van der Waals surface area contributed by atoms with E-state index in [0.717, 1.165) is 0 Å². The SMILES string of the molecule is N/C(=C(/C=C/C(=O)c1ccccc1)C(=O)c1ccccc1)c1ccc[nH]1. The Kier molecular flexibility index (Phi) is 5.25. The molecule has 4 heteroatoms. The van der Waals surface area contributed by atoms with Crippen molar-refractivity contribution in [2.45, 2.75) is 0 Å². The largest absolute Gasteiger partial charge is 0.396 e. The molecule has 0 saturated carbocycles. The van der Waals surface area contributed by atoms with E-state index < -0.39 is 0 Å². The Labute approximate surface area is 151 Å². The van der Waals surface area contributed by atoms with Crippen molar-refractivity contribution in [3.05, 3.63) is 114 Å². The van der Waals surface area contributed by atoms with Gasteiger partial charge in [-0.05, 0) is 24.3 Å². The van der Waals surface area contributed by atoms with Gasteiger partial charge in [0.1, 0.15) is 0 Å². The number of carbonyl (C=O) groups is 2. The van der Waals surface area contributed by atoms with Crippen molar-refractivity contribution in [2.24, 2.45) is 5.73 Å². The minimum absolute atomic E-state index is 0.191. The third-order valence-electron chi connectivity index (χ3n) is 3.92. The second kappa shape index (κ2) is 7.94. The zero-order chi connectivity index (χ0) is 18.4. The Morgan fingerprint density at radius 2 is 1.38 bits per heavy atom. The molecule has 3 N–H and O–H groups in total. The van der Waals surface area contributed by atoms with Gasteiger partial charge in [0.15, 0.2) is 11.6 Å². The van der Waals surface area contributed by atoms with E-state index in [2.05, 4.69) is 4.98 Å². The van der Waals surface area contributed by atoms with Crippen molar-refractivity contribution in [2.75, 3.05) is 0 Å². The number of rotatable bonds is 6. The molecule has 0 saturated heterocycles. The highest BCUT2D eigenvalue weighted by Gasteiger charge is 2.15. The van der Waals surface area contributed by atoms with Crippen LogP contribution in [0.2, 0.25) is 0 Å². The Balaban J connectivity index is 1.99. The number of aromatic nitrogens is 1. The lowest BCUT2D eigenvalue weighted by molar-refractivity contribution is 0.103. The van der Waals surface area contributed by atoms with Crippen LogP contribution in [-0.2, 0) is 0 Å². The summed E-state index contributed by atoms with van der Waals surface area (Å²) in [5.41, 5.74) is 8.45. The summed E-state index contributed by atoms with van der Waals surface area (Å²) in [6.45, 7) is 0. The fourth-order valence-corrected chi connectivity index (χ4v) is 2.53. The molecule has 0 atom stereocenters. The number of allylic oxidation sites excluding steroid dienone is 3. The number of Topliss-reactive ketones (excluding diaryl/α,β-unsaturated/α-hetero) is 1. The highest BCUT2D eigenvalue weighted by Crippen LogP contribution is 2.18. The average Bonchev–Trinajstić information content (AvgIpc) is 3.24. The predicted octanol–water partition coefficient (Wildman–Crippen LogP) is 4.01. The Morgan fingerprint density at radius 1 is 0.769 bits per heavy atom. The van der Waals surface area contributed by atoms with Gasteiger partial charge in [0.25, 0.3) is 0 Å². The number of carbonyl (C=O) groups excluding carboxylic acids is 2. The quantitative estimate of drug-likeness (QED) is 0.404. The topological polar surface area (TPSA) is 76.0 Å². The van der Waals surface area contributed by atoms with E-state index >= 15 is 0 Å². The summed E-state index contributed by atoms with van der Waals surface area (Å²) in [5.74, 6) is -0.432. The van der Waals surface area contributed by atoms with Crippen LogP contribution in [0, 0.1) is 0 Å². The molecule has 26 heavy (non-hydrogen) atoms. The van der Waals surface area contributed by atoms with Crippen molar-refractivity contribution >= 4 is 17.3 Å². The molecule has 0 radical (unpaired) electrons. The van der Waals surface area contributed by atoms with Crippen LogP contribution in [0.15, 0.2) is 96.7 Å². The van der Waals surface area contributed by atoms with Gasteiger partial charge in [-0.2, -0.15) is 0 Å². The van der Waals surface area contributed by atoms with E-state index in [9.17, 15) is 9.59 Å². The van der Waals surface area contributed by atoms with Gasteiger partial charge in [0.2, 0.25) is 0 Å². The maximum Gasteiger partial charge on any atom is 0.195 e. The lowest BCUT2D eigenvalue weighted by Gasteiger charge is -2.07. The maximum absolute atomic E-state index is 12.9. The summed E-state index contributed by atoms with van der Waals surface area (Å²) in [6.07, 6.45) is 4.59. The van der Waals surface area contributed by atoms with E-state index in [1.54, 1.807) is 66.9 Å². The number of aromatic amines is 1. The molecule has 0 aliphatic carbocycles. The number of nitrogens with one attached hydrogen (secondary N) is 1. The molecule has 4 nitrogen and oxygen atoms in total. The number of nitrogens with two attached hydrogens (primary N) is 1. The first-order valence-electron chi connectivity index (χ1n) is 8.17. The highest BCUT2D eigenvalue weighted by molar-refractivity contribution is 6.16. The van der Waals surface area contributed by atoms with Crippen molar-refractivity contribution in [3.63, 3.8) is 0 Å². The normalized spacial score (nSPS) is 12.0. The summed E-state index contributed by atoms with van der Waals surface area (Å²) >= 11 is 0. The Hall–Kier alpha value is -3.66. The average molecular weight is 342 g/mol. The van der Waals surface area contributed by atoms with Gasteiger partial charge in [-0.15, -0.1) is 0 Å². The molecule has 1 aromatic heterocycles. The fraction of sp³-hybridized carbons (Fsp3) is 0. The Morgan fingerprint density at radius 3 is 1.96 bits per heavy atom. The van der Waals surface area contributed by atoms with E-state index in [-0.39, 0.29) is 17.1 Å². The van der Waals surface area contributed by atoms with Gasteiger partial charge in [0.05, 0.1) is 11.4 Å². The third-order valence-corrected chi connectivity index (χ3v) is 3.92. The van der Waals surface area contributed by atoms with Crippen LogP contribution >= 0.6 is 0 Å². The number of hydrogen-bond donors (Lipinski definition) is 2. The molecule has 1 heterocycles. The van der Waals surface area contributed by atoms with Crippen molar-refractivity contribution in [1.82, 2.24) is 4.98 Å². The summed E-state index contributed by atoms with van der Waals surface area (Å²) in [6, 6.07) is 21.3. The molecule has 0 fully saturated rings. The number of ketones is 2. The summed E-state index contributed by atoms with van der Waals surface area (Å²) < 4.78 is 0. The second-order valence-corrected chi connectivity index (χ2v) is 5.67. The van der Waals surface area contributed by atoms with Gasteiger partial charge in [-0.3, -0.25) is 9.59 Å². The zero-order valence-electron chi connectivity index (χ0n) is 14.1. The molecule has 0 unspecified atom stereocenters. The molecule has 3 aromatic rings. The molecule has 0 spiro atoms. The van der Waals surface area contributed by atoms with Crippen LogP contribution in [0.25, 0.3) is 5.70 Å². The Bertz CT molecular complexity index is 954. The fourth-order valence-electron chi connectivity index (χ4n) is 2.53. The van der Waals surface area contributed by atoms with Crippen molar-refractivity contribution < 1.29 is 9.59 Å². The van der Waals surface area contributed by atoms with Crippen LogP contribution in [0.4, 0.5) is 0 Å². The summed E-state index contributed by atoms with van der Waals surface area (Å²) in [7, 11) is 0. The third kappa shape index (κ3) is 3.87.